The zero-order chi connectivity index (χ0) is 23.3. The van der Waals surface area contributed by atoms with Crippen molar-refractivity contribution in [3.05, 3.63) is 59.7 Å². The van der Waals surface area contributed by atoms with Gasteiger partial charge in [-0.3, -0.25) is 9.59 Å². The number of hydrogen-bond acceptors (Lipinski definition) is 5. The summed E-state index contributed by atoms with van der Waals surface area (Å²) in [5, 5.41) is 14.6. The van der Waals surface area contributed by atoms with Crippen LogP contribution in [0.2, 0.25) is 0 Å². The largest absolute Gasteiger partial charge is 0.481 e. The first-order valence-corrected chi connectivity index (χ1v) is 12.3. The standard InChI is InChI=1S/C25H28N2O5S/c28-22(27-25(10-5-11-25)14-23(29)30)16-33-13-12-26-24(31)32-15-21-19-8-3-1-6-17(19)18-7-2-4-9-20(18)21/h1-4,6-9,21H,5,10-16H2,(H,26,31)(H,27,28)(H,29,30). The van der Waals surface area contributed by atoms with Gasteiger partial charge < -0.3 is 20.5 Å². The molecular formula is C25H28N2O5S. The van der Waals surface area contributed by atoms with Crippen LogP contribution >= 0.6 is 11.8 Å². The van der Waals surface area contributed by atoms with Crippen LogP contribution in [0.15, 0.2) is 48.5 Å². The van der Waals surface area contributed by atoms with Crippen molar-refractivity contribution in [2.75, 3.05) is 24.7 Å². The van der Waals surface area contributed by atoms with Crippen LogP contribution in [-0.4, -0.2) is 53.3 Å². The van der Waals surface area contributed by atoms with Crippen molar-refractivity contribution < 1.29 is 24.2 Å². The van der Waals surface area contributed by atoms with E-state index in [2.05, 4.69) is 34.9 Å². The van der Waals surface area contributed by atoms with Crippen LogP contribution in [0.3, 0.4) is 0 Å². The number of carbonyl (C=O) groups is 3. The number of benzene rings is 2. The summed E-state index contributed by atoms with van der Waals surface area (Å²) >= 11 is 1.39. The number of aliphatic carboxylic acids is 1. The first-order chi connectivity index (χ1) is 16.0. The molecule has 0 spiro atoms. The maximum atomic E-state index is 12.2. The molecule has 2 aromatic rings. The third kappa shape index (κ3) is 5.50. The summed E-state index contributed by atoms with van der Waals surface area (Å²) in [4.78, 5) is 35.3. The zero-order valence-corrected chi connectivity index (χ0v) is 19.2. The number of rotatable bonds is 10. The van der Waals surface area contributed by atoms with E-state index in [0.717, 1.165) is 6.42 Å². The number of nitrogens with one attached hydrogen (secondary N) is 2. The molecule has 2 amide bonds. The quantitative estimate of drug-likeness (QED) is 0.459. The molecule has 0 saturated heterocycles. The van der Waals surface area contributed by atoms with Gasteiger partial charge in [0.2, 0.25) is 5.91 Å². The van der Waals surface area contributed by atoms with E-state index in [0.29, 0.717) is 25.1 Å². The highest BCUT2D eigenvalue weighted by molar-refractivity contribution is 7.99. The molecule has 0 aliphatic heterocycles. The normalized spacial score (nSPS) is 15.6. The fourth-order valence-electron chi connectivity index (χ4n) is 4.61. The lowest BCUT2D eigenvalue weighted by molar-refractivity contribution is -0.140. The van der Waals surface area contributed by atoms with Gasteiger partial charge in [-0.1, -0.05) is 48.5 Å². The molecule has 2 aliphatic carbocycles. The van der Waals surface area contributed by atoms with E-state index in [9.17, 15) is 14.4 Å². The summed E-state index contributed by atoms with van der Waals surface area (Å²) < 4.78 is 5.50. The Morgan fingerprint density at radius 1 is 1.03 bits per heavy atom. The van der Waals surface area contributed by atoms with Gasteiger partial charge in [-0.25, -0.2) is 4.79 Å². The molecule has 8 heteroatoms. The summed E-state index contributed by atoms with van der Waals surface area (Å²) in [6.45, 7) is 0.649. The predicted octanol–water partition coefficient (Wildman–Crippen LogP) is 3.77. The van der Waals surface area contributed by atoms with Gasteiger partial charge in [0.1, 0.15) is 6.61 Å². The van der Waals surface area contributed by atoms with Crippen LogP contribution in [0.1, 0.15) is 42.7 Å². The third-order valence-corrected chi connectivity index (χ3v) is 7.26. The van der Waals surface area contributed by atoms with Gasteiger partial charge in [-0.05, 0) is 41.5 Å². The Morgan fingerprint density at radius 3 is 2.24 bits per heavy atom. The number of fused-ring (bicyclic) bond motifs is 3. The van der Waals surface area contributed by atoms with Gasteiger partial charge in [0.05, 0.1) is 17.7 Å². The number of carboxylic acid groups (broad SMARTS) is 1. The molecule has 0 radical (unpaired) electrons. The molecule has 1 fully saturated rings. The minimum absolute atomic E-state index is 0.0193. The summed E-state index contributed by atoms with van der Waals surface area (Å²) in [6, 6.07) is 16.4. The number of thioether (sulfide) groups is 1. The van der Waals surface area contributed by atoms with Crippen molar-refractivity contribution >= 4 is 29.7 Å². The van der Waals surface area contributed by atoms with E-state index in [-0.39, 0.29) is 30.6 Å². The van der Waals surface area contributed by atoms with Gasteiger partial charge in [0.25, 0.3) is 0 Å². The van der Waals surface area contributed by atoms with E-state index in [4.69, 9.17) is 9.84 Å². The van der Waals surface area contributed by atoms with Gasteiger partial charge in [0.15, 0.2) is 0 Å². The Hall–Kier alpha value is -3.00. The van der Waals surface area contributed by atoms with Crippen molar-refractivity contribution in [2.45, 2.75) is 37.1 Å². The van der Waals surface area contributed by atoms with Gasteiger partial charge in [-0.15, -0.1) is 0 Å². The van der Waals surface area contributed by atoms with Crippen molar-refractivity contribution in [3.63, 3.8) is 0 Å². The van der Waals surface area contributed by atoms with Gasteiger partial charge in [0, 0.05) is 18.2 Å². The van der Waals surface area contributed by atoms with Crippen molar-refractivity contribution in [1.82, 2.24) is 10.6 Å². The molecular weight excluding hydrogens is 440 g/mol. The number of alkyl carbamates (subject to hydrolysis) is 1. The van der Waals surface area contributed by atoms with Crippen LogP contribution in [0, 0.1) is 0 Å². The summed E-state index contributed by atoms with van der Waals surface area (Å²) in [6.07, 6.45) is 1.84. The van der Waals surface area contributed by atoms with Crippen LogP contribution in [0.25, 0.3) is 11.1 Å². The average Bonchev–Trinajstić information content (AvgIpc) is 3.09. The second-order valence-corrected chi connectivity index (χ2v) is 9.66. The summed E-state index contributed by atoms with van der Waals surface area (Å²) in [7, 11) is 0. The number of carboxylic acids is 1. The Labute approximate surface area is 197 Å². The van der Waals surface area contributed by atoms with E-state index in [1.807, 2.05) is 24.3 Å². The fraction of sp³-hybridized carbons (Fsp3) is 0.400. The van der Waals surface area contributed by atoms with Crippen molar-refractivity contribution in [3.8, 4) is 11.1 Å². The first kappa shape index (κ1) is 23.2. The maximum absolute atomic E-state index is 12.2. The average molecular weight is 469 g/mol. The molecule has 0 atom stereocenters. The van der Waals surface area contributed by atoms with E-state index >= 15 is 0 Å². The Morgan fingerprint density at radius 2 is 1.67 bits per heavy atom. The molecule has 0 heterocycles. The monoisotopic (exact) mass is 468 g/mol. The molecule has 3 N–H and O–H groups in total. The lowest BCUT2D eigenvalue weighted by Gasteiger charge is -2.41. The van der Waals surface area contributed by atoms with Gasteiger partial charge >= 0.3 is 12.1 Å². The zero-order valence-electron chi connectivity index (χ0n) is 18.3. The lowest BCUT2D eigenvalue weighted by atomic mass is 9.74. The van der Waals surface area contributed by atoms with Gasteiger partial charge in [-0.2, -0.15) is 11.8 Å². The maximum Gasteiger partial charge on any atom is 0.407 e. The van der Waals surface area contributed by atoms with E-state index in [1.165, 1.54) is 34.0 Å². The number of carbonyl (C=O) groups excluding carboxylic acids is 2. The summed E-state index contributed by atoms with van der Waals surface area (Å²) in [5.74, 6) is -0.250. The Kier molecular flexibility index (Phi) is 7.23. The van der Waals surface area contributed by atoms with Crippen molar-refractivity contribution in [2.24, 2.45) is 0 Å². The Bertz CT molecular complexity index is 991. The summed E-state index contributed by atoms with van der Waals surface area (Å²) in [5.41, 5.74) is 4.12. The molecule has 1 saturated carbocycles. The molecule has 0 aromatic heterocycles. The van der Waals surface area contributed by atoms with Crippen molar-refractivity contribution in [1.29, 1.82) is 0 Å². The molecule has 0 unspecified atom stereocenters. The van der Waals surface area contributed by atoms with Crippen LogP contribution in [0.4, 0.5) is 4.79 Å². The SMILES string of the molecule is O=C(O)CC1(NC(=O)CSCCNC(=O)OCC2c3ccccc3-c3ccccc32)CCC1. The molecule has 33 heavy (non-hydrogen) atoms. The topological polar surface area (TPSA) is 105 Å². The second-order valence-electron chi connectivity index (χ2n) is 8.56. The third-order valence-electron chi connectivity index (χ3n) is 6.30. The number of amides is 2. The number of hydrogen-bond donors (Lipinski definition) is 3. The molecule has 7 nitrogen and oxygen atoms in total. The van der Waals surface area contributed by atoms with Crippen LogP contribution in [-0.2, 0) is 14.3 Å². The highest BCUT2D eigenvalue weighted by atomic mass is 32.2. The second kappa shape index (κ2) is 10.3. The predicted molar refractivity (Wildman–Crippen MR) is 127 cm³/mol. The van der Waals surface area contributed by atoms with E-state index < -0.39 is 17.6 Å². The molecule has 174 valence electrons. The smallest absolute Gasteiger partial charge is 0.407 e. The molecule has 2 aromatic carbocycles. The minimum atomic E-state index is -0.894. The highest BCUT2D eigenvalue weighted by Crippen LogP contribution is 2.44. The van der Waals surface area contributed by atoms with E-state index in [1.54, 1.807) is 0 Å². The molecule has 0 bridgehead atoms. The first-order valence-electron chi connectivity index (χ1n) is 11.2. The van der Waals surface area contributed by atoms with Crippen LogP contribution in [0.5, 0.6) is 0 Å². The fourth-order valence-corrected chi connectivity index (χ4v) is 5.26. The van der Waals surface area contributed by atoms with Crippen LogP contribution < -0.4 is 10.6 Å². The Balaban J connectivity index is 1.16. The highest BCUT2D eigenvalue weighted by Gasteiger charge is 2.40. The molecule has 2 aliphatic rings. The lowest BCUT2D eigenvalue weighted by Crippen LogP contribution is -2.55. The minimum Gasteiger partial charge on any atom is -0.481 e. The number of ether oxygens (including phenoxy) is 1. The molecule has 4 rings (SSSR count).